The summed E-state index contributed by atoms with van der Waals surface area (Å²) in [6.45, 7) is 0. The van der Waals surface area contributed by atoms with E-state index in [-0.39, 0.29) is 11.8 Å². The molecule has 1 N–H and O–H groups in total. The summed E-state index contributed by atoms with van der Waals surface area (Å²) in [6.07, 6.45) is 0. The van der Waals surface area contributed by atoms with Gasteiger partial charge in [0.2, 0.25) is 0 Å². The van der Waals surface area contributed by atoms with Gasteiger partial charge in [0.05, 0.1) is 11.4 Å². The van der Waals surface area contributed by atoms with Crippen molar-refractivity contribution in [3.05, 3.63) is 59.7 Å². The Morgan fingerprint density at radius 1 is 0.870 bits per heavy atom. The van der Waals surface area contributed by atoms with Crippen LogP contribution in [0.15, 0.2) is 48.5 Å². The first kappa shape index (κ1) is 16.5. The minimum Gasteiger partial charge on any atom is -0.376 e. The number of hydrogen-bond acceptors (Lipinski definition) is 3. The fourth-order valence-electron chi connectivity index (χ4n) is 2.20. The minimum absolute atomic E-state index is 0.106. The van der Waals surface area contributed by atoms with Crippen LogP contribution in [-0.4, -0.2) is 44.9 Å². The third-order valence-corrected chi connectivity index (χ3v) is 3.42. The van der Waals surface area contributed by atoms with Gasteiger partial charge in [-0.15, -0.1) is 0 Å². The van der Waals surface area contributed by atoms with Gasteiger partial charge >= 0.3 is 0 Å². The first-order chi connectivity index (χ1) is 10.9. The number of benzene rings is 2. The molecule has 0 aliphatic rings. The number of hydrogen-bond donors (Lipinski definition) is 1. The molecule has 2 aromatic carbocycles. The quantitative estimate of drug-likeness (QED) is 0.944. The summed E-state index contributed by atoms with van der Waals surface area (Å²) in [4.78, 5) is 27.9. The van der Waals surface area contributed by atoms with Crippen LogP contribution in [0.5, 0.6) is 0 Å². The molecule has 0 saturated carbocycles. The van der Waals surface area contributed by atoms with Crippen molar-refractivity contribution >= 4 is 23.2 Å². The van der Waals surface area contributed by atoms with Crippen molar-refractivity contribution < 1.29 is 9.59 Å². The fourth-order valence-corrected chi connectivity index (χ4v) is 2.20. The largest absolute Gasteiger partial charge is 0.376 e. The van der Waals surface area contributed by atoms with Gasteiger partial charge in [0, 0.05) is 39.3 Å². The van der Waals surface area contributed by atoms with Crippen LogP contribution in [0, 0.1) is 0 Å². The molecule has 0 aliphatic carbocycles. The summed E-state index contributed by atoms with van der Waals surface area (Å²) >= 11 is 0. The number of nitrogens with zero attached hydrogens (tertiary/aromatic N) is 2. The molecule has 0 aromatic heterocycles. The number of carbonyl (C=O) groups excluding carboxylic acids is 2. The maximum Gasteiger partial charge on any atom is 0.255 e. The summed E-state index contributed by atoms with van der Waals surface area (Å²) < 4.78 is 0. The van der Waals surface area contributed by atoms with E-state index in [4.69, 9.17) is 0 Å². The molecule has 0 atom stereocenters. The molecule has 5 heteroatoms. The van der Waals surface area contributed by atoms with Crippen LogP contribution >= 0.6 is 0 Å². The van der Waals surface area contributed by atoms with Crippen LogP contribution in [0.1, 0.15) is 20.7 Å². The van der Waals surface area contributed by atoms with E-state index in [1.165, 1.54) is 4.90 Å². The van der Waals surface area contributed by atoms with E-state index in [1.807, 2.05) is 43.3 Å². The van der Waals surface area contributed by atoms with Crippen LogP contribution in [0.25, 0.3) is 0 Å². The van der Waals surface area contributed by atoms with Gasteiger partial charge in [-0.3, -0.25) is 9.59 Å². The zero-order valence-corrected chi connectivity index (χ0v) is 13.8. The lowest BCUT2D eigenvalue weighted by Gasteiger charge is -2.20. The summed E-state index contributed by atoms with van der Waals surface area (Å²) in [7, 11) is 7.18. The van der Waals surface area contributed by atoms with E-state index >= 15 is 0 Å². The lowest BCUT2D eigenvalue weighted by Crippen LogP contribution is -2.23. The highest BCUT2D eigenvalue weighted by Gasteiger charge is 2.14. The molecule has 120 valence electrons. The summed E-state index contributed by atoms with van der Waals surface area (Å²) in [5, 5.41) is 2.89. The number of amides is 2. The number of nitrogens with one attached hydrogen (secondary N) is 1. The van der Waals surface area contributed by atoms with Crippen molar-refractivity contribution in [1.29, 1.82) is 0 Å². The van der Waals surface area contributed by atoms with Crippen LogP contribution in [-0.2, 0) is 0 Å². The molecule has 0 aliphatic heterocycles. The van der Waals surface area contributed by atoms with Crippen molar-refractivity contribution in [2.75, 3.05) is 38.4 Å². The Morgan fingerprint density at radius 2 is 1.52 bits per heavy atom. The maximum atomic E-state index is 12.4. The summed E-state index contributed by atoms with van der Waals surface area (Å²) in [6, 6.07) is 14.3. The van der Waals surface area contributed by atoms with Crippen molar-refractivity contribution in [3.8, 4) is 0 Å². The van der Waals surface area contributed by atoms with E-state index in [9.17, 15) is 9.59 Å². The van der Waals surface area contributed by atoms with Gasteiger partial charge in [-0.05, 0) is 30.3 Å². The second kappa shape index (κ2) is 6.96. The summed E-state index contributed by atoms with van der Waals surface area (Å²) in [5.74, 6) is -0.311. The Labute approximate surface area is 136 Å². The molecule has 0 spiro atoms. The van der Waals surface area contributed by atoms with Crippen LogP contribution < -0.4 is 10.2 Å². The highest BCUT2D eigenvalue weighted by Crippen LogP contribution is 2.26. The third-order valence-electron chi connectivity index (χ3n) is 3.42. The Hall–Kier alpha value is -2.82. The first-order valence-electron chi connectivity index (χ1n) is 7.29. The predicted octanol–water partition coefficient (Wildman–Crippen LogP) is 2.71. The second-order valence-corrected chi connectivity index (χ2v) is 5.65. The fraction of sp³-hybridized carbons (Fsp3) is 0.222. The van der Waals surface area contributed by atoms with Gasteiger partial charge < -0.3 is 15.1 Å². The molecule has 0 saturated heterocycles. The lowest BCUT2D eigenvalue weighted by molar-refractivity contribution is 0.0827. The normalized spacial score (nSPS) is 10.1. The topological polar surface area (TPSA) is 52.7 Å². The second-order valence-electron chi connectivity index (χ2n) is 5.65. The molecule has 5 nitrogen and oxygen atoms in total. The molecular weight excluding hydrogens is 290 g/mol. The number of carbonyl (C=O) groups is 2. The van der Waals surface area contributed by atoms with E-state index in [1.54, 1.807) is 38.4 Å². The third kappa shape index (κ3) is 3.88. The van der Waals surface area contributed by atoms with Crippen molar-refractivity contribution in [1.82, 2.24) is 4.90 Å². The minimum atomic E-state index is -0.205. The first-order valence-corrected chi connectivity index (χ1v) is 7.29. The molecule has 23 heavy (non-hydrogen) atoms. The number of rotatable bonds is 4. The molecule has 2 rings (SSSR count). The maximum absolute atomic E-state index is 12.4. The van der Waals surface area contributed by atoms with Gasteiger partial charge in [0.25, 0.3) is 11.8 Å². The molecule has 0 radical (unpaired) electrons. The van der Waals surface area contributed by atoms with Crippen molar-refractivity contribution in [2.45, 2.75) is 0 Å². The Kier molecular flexibility index (Phi) is 5.01. The van der Waals surface area contributed by atoms with Crippen LogP contribution in [0.4, 0.5) is 11.4 Å². The number of anilines is 2. The molecule has 2 amide bonds. The van der Waals surface area contributed by atoms with Gasteiger partial charge in [-0.2, -0.15) is 0 Å². The highest BCUT2D eigenvalue weighted by atomic mass is 16.2. The smallest absolute Gasteiger partial charge is 0.255 e. The molecule has 0 fully saturated rings. The summed E-state index contributed by atoms with van der Waals surface area (Å²) in [5.41, 5.74) is 2.55. The van der Waals surface area contributed by atoms with E-state index < -0.39 is 0 Å². The van der Waals surface area contributed by atoms with Gasteiger partial charge in [-0.25, -0.2) is 0 Å². The molecular formula is C18H21N3O2. The molecule has 0 unspecified atom stereocenters. The Bertz CT molecular complexity index is 709. The monoisotopic (exact) mass is 311 g/mol. The average molecular weight is 311 g/mol. The Balaban J connectivity index is 2.36. The van der Waals surface area contributed by atoms with E-state index in [0.717, 1.165) is 5.69 Å². The van der Waals surface area contributed by atoms with E-state index in [2.05, 4.69) is 5.32 Å². The van der Waals surface area contributed by atoms with E-state index in [0.29, 0.717) is 16.8 Å². The zero-order valence-electron chi connectivity index (χ0n) is 13.8. The molecule has 0 bridgehead atoms. The van der Waals surface area contributed by atoms with Gasteiger partial charge in [0.1, 0.15) is 0 Å². The highest BCUT2D eigenvalue weighted by molar-refractivity contribution is 6.07. The predicted molar refractivity (Wildman–Crippen MR) is 93.2 cm³/mol. The Morgan fingerprint density at radius 3 is 2.09 bits per heavy atom. The van der Waals surface area contributed by atoms with Crippen molar-refractivity contribution in [2.24, 2.45) is 0 Å². The van der Waals surface area contributed by atoms with Crippen molar-refractivity contribution in [3.63, 3.8) is 0 Å². The SMILES string of the molecule is CN(C)C(=O)c1ccc(N(C)C)c(NC(=O)c2ccccc2)c1. The molecule has 2 aromatic rings. The van der Waals surface area contributed by atoms with Gasteiger partial charge in [-0.1, -0.05) is 18.2 Å². The van der Waals surface area contributed by atoms with Crippen LogP contribution in [0.2, 0.25) is 0 Å². The molecule has 0 heterocycles. The lowest BCUT2D eigenvalue weighted by atomic mass is 10.1. The average Bonchev–Trinajstić information content (AvgIpc) is 2.54. The zero-order chi connectivity index (χ0) is 17.0. The standard InChI is InChI=1S/C18H21N3O2/c1-20(2)16-11-10-14(18(23)21(3)4)12-15(16)19-17(22)13-8-6-5-7-9-13/h5-12H,1-4H3,(H,19,22). The van der Waals surface area contributed by atoms with Gasteiger partial charge in [0.15, 0.2) is 0 Å². The van der Waals surface area contributed by atoms with Crippen LogP contribution in [0.3, 0.4) is 0 Å².